The van der Waals surface area contributed by atoms with Crippen LogP contribution in [0.15, 0.2) is 24.3 Å². The molecule has 106 valence electrons. The van der Waals surface area contributed by atoms with Gasteiger partial charge in [-0.05, 0) is 29.9 Å². The van der Waals surface area contributed by atoms with Gasteiger partial charge in [0.05, 0.1) is 0 Å². The maximum atomic E-state index is 3.53. The summed E-state index contributed by atoms with van der Waals surface area (Å²) in [4.78, 5) is 2.65. The minimum absolute atomic E-state index is 0.694. The first-order chi connectivity index (χ1) is 9.19. The molecule has 0 spiro atoms. The first kappa shape index (κ1) is 14.5. The third-order valence-corrected chi connectivity index (χ3v) is 4.03. The summed E-state index contributed by atoms with van der Waals surface area (Å²) in [6, 6.07) is 9.84. The molecule has 0 bridgehead atoms. The Morgan fingerprint density at radius 2 is 1.89 bits per heavy atom. The van der Waals surface area contributed by atoms with Crippen molar-refractivity contribution in [2.24, 2.45) is 5.92 Å². The molecular formula is C17H28N2. The molecule has 1 aliphatic heterocycles. The van der Waals surface area contributed by atoms with Crippen molar-refractivity contribution < 1.29 is 0 Å². The average Bonchev–Trinajstić information content (AvgIpc) is 2.41. The first-order valence-corrected chi connectivity index (χ1v) is 7.71. The van der Waals surface area contributed by atoms with Crippen molar-refractivity contribution in [2.75, 3.05) is 19.6 Å². The fourth-order valence-electron chi connectivity index (χ4n) is 2.90. The zero-order valence-electron chi connectivity index (χ0n) is 12.7. The van der Waals surface area contributed by atoms with Gasteiger partial charge in [-0.25, -0.2) is 0 Å². The lowest BCUT2D eigenvalue weighted by atomic mass is 10.00. The van der Waals surface area contributed by atoms with Crippen molar-refractivity contribution in [3.8, 4) is 0 Å². The molecule has 1 N–H and O–H groups in total. The Morgan fingerprint density at radius 3 is 2.53 bits per heavy atom. The van der Waals surface area contributed by atoms with Crippen molar-refractivity contribution in [1.29, 1.82) is 0 Å². The number of nitrogens with zero attached hydrogens (tertiary/aromatic N) is 1. The largest absolute Gasteiger partial charge is 0.314 e. The lowest BCUT2D eigenvalue weighted by molar-refractivity contribution is 0.134. The predicted molar refractivity (Wildman–Crippen MR) is 82.3 cm³/mol. The minimum Gasteiger partial charge on any atom is -0.314 e. The van der Waals surface area contributed by atoms with E-state index in [0.717, 1.165) is 32.0 Å². The predicted octanol–water partition coefficient (Wildman–Crippen LogP) is 3.07. The fourth-order valence-corrected chi connectivity index (χ4v) is 2.90. The maximum absolute atomic E-state index is 3.53. The van der Waals surface area contributed by atoms with Crippen LogP contribution in [-0.4, -0.2) is 30.6 Å². The van der Waals surface area contributed by atoms with Gasteiger partial charge in [0.1, 0.15) is 0 Å². The molecule has 2 nitrogen and oxygen atoms in total. The van der Waals surface area contributed by atoms with Gasteiger partial charge in [0, 0.05) is 32.2 Å². The molecule has 0 saturated carbocycles. The van der Waals surface area contributed by atoms with Crippen molar-refractivity contribution in [2.45, 2.75) is 46.2 Å². The van der Waals surface area contributed by atoms with Gasteiger partial charge in [0.2, 0.25) is 0 Å². The number of hydrogen-bond donors (Lipinski definition) is 1. The smallest absolute Gasteiger partial charge is 0.0237 e. The highest BCUT2D eigenvalue weighted by Crippen LogP contribution is 2.17. The molecule has 19 heavy (non-hydrogen) atoms. The van der Waals surface area contributed by atoms with E-state index < -0.39 is 0 Å². The third-order valence-electron chi connectivity index (χ3n) is 4.03. The molecule has 0 aliphatic carbocycles. The van der Waals surface area contributed by atoms with Crippen LogP contribution in [0, 0.1) is 5.92 Å². The van der Waals surface area contributed by atoms with Crippen LogP contribution in [0.3, 0.4) is 0 Å². The van der Waals surface area contributed by atoms with Gasteiger partial charge in [-0.15, -0.1) is 0 Å². The molecule has 1 aliphatic rings. The summed E-state index contributed by atoms with van der Waals surface area (Å²) < 4.78 is 0. The van der Waals surface area contributed by atoms with Crippen LogP contribution in [0.1, 0.15) is 38.3 Å². The molecule has 0 radical (unpaired) electrons. The Bertz CT molecular complexity index is 369. The van der Waals surface area contributed by atoms with Crippen LogP contribution in [-0.2, 0) is 13.0 Å². The molecule has 1 heterocycles. The molecule has 0 amide bonds. The van der Waals surface area contributed by atoms with Crippen molar-refractivity contribution in [3.05, 3.63) is 35.4 Å². The number of piperazine rings is 1. The molecule has 0 aromatic heterocycles. The summed E-state index contributed by atoms with van der Waals surface area (Å²) in [6.07, 6.45) is 2.42. The quantitative estimate of drug-likeness (QED) is 0.875. The lowest BCUT2D eigenvalue weighted by Gasteiger charge is -2.37. The van der Waals surface area contributed by atoms with Gasteiger partial charge in [0.15, 0.2) is 0 Å². The van der Waals surface area contributed by atoms with Gasteiger partial charge < -0.3 is 5.32 Å². The summed E-state index contributed by atoms with van der Waals surface area (Å²) in [6.45, 7) is 11.4. The Morgan fingerprint density at radius 1 is 1.21 bits per heavy atom. The van der Waals surface area contributed by atoms with E-state index in [9.17, 15) is 0 Å². The van der Waals surface area contributed by atoms with Gasteiger partial charge >= 0.3 is 0 Å². The Kier molecular flexibility index (Phi) is 5.41. The van der Waals surface area contributed by atoms with Crippen LogP contribution in [0.2, 0.25) is 0 Å². The van der Waals surface area contributed by atoms with Gasteiger partial charge in [0.25, 0.3) is 0 Å². The average molecular weight is 260 g/mol. The molecule has 2 heteroatoms. The Labute approximate surface area is 118 Å². The molecule has 1 atom stereocenters. The standard InChI is InChI=1S/C17H28N2/c1-4-15-5-7-16(8-6-15)13-19-10-9-18-12-17(19)11-14(2)3/h5-8,14,17-18H,4,9-13H2,1-3H3. The highest BCUT2D eigenvalue weighted by molar-refractivity contribution is 5.22. The van der Waals surface area contributed by atoms with Crippen molar-refractivity contribution in [1.82, 2.24) is 10.2 Å². The van der Waals surface area contributed by atoms with Gasteiger partial charge in [-0.2, -0.15) is 0 Å². The summed E-state index contributed by atoms with van der Waals surface area (Å²) in [5.74, 6) is 0.773. The van der Waals surface area contributed by atoms with E-state index >= 15 is 0 Å². The maximum Gasteiger partial charge on any atom is 0.0237 e. The third kappa shape index (κ3) is 4.32. The fraction of sp³-hybridized carbons (Fsp3) is 0.647. The van der Waals surface area contributed by atoms with Crippen LogP contribution >= 0.6 is 0 Å². The summed E-state index contributed by atoms with van der Waals surface area (Å²) in [7, 11) is 0. The molecule has 1 aromatic carbocycles. The van der Waals surface area contributed by atoms with E-state index in [2.05, 4.69) is 55.3 Å². The highest BCUT2D eigenvalue weighted by atomic mass is 15.2. The molecular weight excluding hydrogens is 232 g/mol. The number of hydrogen-bond acceptors (Lipinski definition) is 2. The van der Waals surface area contributed by atoms with Crippen LogP contribution in [0.25, 0.3) is 0 Å². The minimum atomic E-state index is 0.694. The molecule has 1 fully saturated rings. The van der Waals surface area contributed by atoms with Gasteiger partial charge in [-0.1, -0.05) is 45.0 Å². The molecule has 1 unspecified atom stereocenters. The normalized spacial score (nSPS) is 20.9. The second-order valence-electron chi connectivity index (χ2n) is 6.13. The number of nitrogens with one attached hydrogen (secondary N) is 1. The lowest BCUT2D eigenvalue weighted by Crippen LogP contribution is -2.51. The second-order valence-corrected chi connectivity index (χ2v) is 6.13. The SMILES string of the molecule is CCc1ccc(CN2CCNCC2CC(C)C)cc1. The van der Waals surface area contributed by atoms with E-state index in [4.69, 9.17) is 0 Å². The zero-order chi connectivity index (χ0) is 13.7. The summed E-state index contributed by atoms with van der Waals surface area (Å²) in [5.41, 5.74) is 2.88. The second kappa shape index (κ2) is 7.06. The van der Waals surface area contributed by atoms with Crippen LogP contribution in [0.5, 0.6) is 0 Å². The zero-order valence-corrected chi connectivity index (χ0v) is 12.7. The summed E-state index contributed by atoms with van der Waals surface area (Å²) >= 11 is 0. The van der Waals surface area contributed by atoms with Gasteiger partial charge in [-0.3, -0.25) is 4.90 Å². The number of aryl methyl sites for hydroxylation is 1. The Hall–Kier alpha value is -0.860. The molecule has 1 aromatic rings. The van der Waals surface area contributed by atoms with E-state index in [1.54, 1.807) is 0 Å². The summed E-state index contributed by atoms with van der Waals surface area (Å²) in [5, 5.41) is 3.53. The van der Waals surface area contributed by atoms with Crippen LogP contribution < -0.4 is 5.32 Å². The highest BCUT2D eigenvalue weighted by Gasteiger charge is 2.22. The van der Waals surface area contributed by atoms with Crippen molar-refractivity contribution in [3.63, 3.8) is 0 Å². The number of rotatable bonds is 5. The number of benzene rings is 1. The topological polar surface area (TPSA) is 15.3 Å². The first-order valence-electron chi connectivity index (χ1n) is 7.71. The van der Waals surface area contributed by atoms with Crippen molar-refractivity contribution >= 4 is 0 Å². The van der Waals surface area contributed by atoms with Crippen LogP contribution in [0.4, 0.5) is 0 Å². The molecule has 1 saturated heterocycles. The monoisotopic (exact) mass is 260 g/mol. The van der Waals surface area contributed by atoms with E-state index in [-0.39, 0.29) is 0 Å². The van der Waals surface area contributed by atoms with E-state index in [1.165, 1.54) is 24.1 Å². The van der Waals surface area contributed by atoms with E-state index in [1.807, 2.05) is 0 Å². The Balaban J connectivity index is 1.97. The molecule has 2 rings (SSSR count). The van der Waals surface area contributed by atoms with E-state index in [0.29, 0.717) is 6.04 Å².